The van der Waals surface area contributed by atoms with Gasteiger partial charge >= 0.3 is 5.97 Å². The average Bonchev–Trinajstić information content (AvgIpc) is 3.44. The number of halogens is 1. The molecule has 0 N–H and O–H groups in total. The highest BCUT2D eigenvalue weighted by Crippen LogP contribution is 2.50. The Labute approximate surface area is 218 Å². The molecule has 0 bridgehead atoms. The standard InChI is InChI=1S/C29H26FNO5S/c1-3-36-29(34)27-20(24-12-7-13-37-24)15-23-26(28(27)33)19(17-8-6-9-18(14-17)35-2)16-25(32)31(23)22-11-5-4-10-21(22)30/h4-14,19-20,27H,3,15-16H2,1-2H3. The second-order valence-electron chi connectivity index (χ2n) is 8.99. The first kappa shape index (κ1) is 24.9. The van der Waals surface area contributed by atoms with E-state index in [4.69, 9.17) is 9.47 Å². The van der Waals surface area contributed by atoms with Crippen LogP contribution < -0.4 is 9.64 Å². The van der Waals surface area contributed by atoms with Crippen LogP contribution in [0.2, 0.25) is 0 Å². The number of benzene rings is 2. The number of ether oxygens (including phenoxy) is 2. The number of amides is 1. The summed E-state index contributed by atoms with van der Waals surface area (Å²) in [6.45, 7) is 1.85. The third kappa shape index (κ3) is 4.46. The maximum Gasteiger partial charge on any atom is 0.317 e. The normalized spacial score (nSPS) is 21.6. The topological polar surface area (TPSA) is 72.9 Å². The number of esters is 1. The number of carbonyl (C=O) groups is 3. The van der Waals surface area contributed by atoms with Gasteiger partial charge in [-0.3, -0.25) is 19.3 Å². The third-order valence-electron chi connectivity index (χ3n) is 6.96. The van der Waals surface area contributed by atoms with E-state index in [-0.39, 0.29) is 36.8 Å². The molecule has 2 heterocycles. The number of methoxy groups -OCH3 is 1. The van der Waals surface area contributed by atoms with E-state index in [9.17, 15) is 14.4 Å². The summed E-state index contributed by atoms with van der Waals surface area (Å²) in [5.41, 5.74) is 1.59. The number of thiophene rings is 1. The Morgan fingerprint density at radius 1 is 1.08 bits per heavy atom. The molecule has 0 fully saturated rings. The van der Waals surface area contributed by atoms with Crippen molar-refractivity contribution < 1.29 is 28.2 Å². The van der Waals surface area contributed by atoms with E-state index in [1.54, 1.807) is 44.4 Å². The molecule has 0 spiro atoms. The summed E-state index contributed by atoms with van der Waals surface area (Å²) >= 11 is 1.44. The van der Waals surface area contributed by atoms with E-state index in [2.05, 4.69) is 0 Å². The van der Waals surface area contributed by atoms with Gasteiger partial charge in [0.05, 0.1) is 19.4 Å². The Morgan fingerprint density at radius 2 is 1.89 bits per heavy atom. The molecule has 6 nitrogen and oxygen atoms in total. The largest absolute Gasteiger partial charge is 0.497 e. The van der Waals surface area contributed by atoms with Crippen LogP contribution in [0.25, 0.3) is 0 Å². The summed E-state index contributed by atoms with van der Waals surface area (Å²) in [4.78, 5) is 43.3. The molecule has 0 saturated carbocycles. The van der Waals surface area contributed by atoms with E-state index < -0.39 is 29.5 Å². The minimum Gasteiger partial charge on any atom is -0.497 e. The van der Waals surface area contributed by atoms with E-state index >= 15 is 4.39 Å². The van der Waals surface area contributed by atoms with Crippen LogP contribution in [-0.4, -0.2) is 31.4 Å². The number of hydrogen-bond donors (Lipinski definition) is 0. The van der Waals surface area contributed by atoms with Crippen molar-refractivity contribution in [3.8, 4) is 5.75 Å². The number of allylic oxidation sites excluding steroid dienone is 2. The van der Waals surface area contributed by atoms with Gasteiger partial charge in [-0.1, -0.05) is 30.3 Å². The predicted octanol–water partition coefficient (Wildman–Crippen LogP) is 5.61. The van der Waals surface area contributed by atoms with Crippen molar-refractivity contribution in [2.45, 2.75) is 31.6 Å². The highest BCUT2D eigenvalue weighted by molar-refractivity contribution is 7.10. The van der Waals surface area contributed by atoms with Gasteiger partial charge in [-0.25, -0.2) is 4.39 Å². The van der Waals surface area contributed by atoms with Crippen molar-refractivity contribution in [3.05, 3.63) is 93.6 Å². The van der Waals surface area contributed by atoms with Crippen molar-refractivity contribution in [2.24, 2.45) is 5.92 Å². The molecule has 0 radical (unpaired) electrons. The predicted molar refractivity (Wildman–Crippen MR) is 138 cm³/mol. The SMILES string of the molecule is CCOC(=O)C1C(=O)C2=C(CC1c1cccs1)N(c1ccccc1F)C(=O)CC2c1cccc(OC)c1. The highest BCUT2D eigenvalue weighted by atomic mass is 32.1. The third-order valence-corrected chi connectivity index (χ3v) is 7.96. The minimum atomic E-state index is -1.05. The number of rotatable bonds is 6. The number of hydrogen-bond acceptors (Lipinski definition) is 6. The molecule has 1 aliphatic heterocycles. The second-order valence-corrected chi connectivity index (χ2v) is 9.97. The summed E-state index contributed by atoms with van der Waals surface area (Å²) in [6.07, 6.45) is 0.164. The number of Topliss-reactive ketones (excluding diaryl/α,β-unsaturated/α-hetero) is 1. The maximum atomic E-state index is 15.0. The van der Waals surface area contributed by atoms with Crippen LogP contribution in [0.15, 0.2) is 77.3 Å². The van der Waals surface area contributed by atoms with Crippen LogP contribution in [-0.2, 0) is 19.1 Å². The fourth-order valence-electron chi connectivity index (χ4n) is 5.36. The van der Waals surface area contributed by atoms with Crippen molar-refractivity contribution in [3.63, 3.8) is 0 Å². The number of nitrogens with zero attached hydrogens (tertiary/aromatic N) is 1. The molecule has 0 saturated heterocycles. The lowest BCUT2D eigenvalue weighted by atomic mass is 9.69. The van der Waals surface area contributed by atoms with Crippen molar-refractivity contribution in [1.29, 1.82) is 0 Å². The summed E-state index contributed by atoms with van der Waals surface area (Å²) < 4.78 is 25.7. The fourth-order valence-corrected chi connectivity index (χ4v) is 6.22. The summed E-state index contributed by atoms with van der Waals surface area (Å²) in [5, 5.41) is 1.88. The van der Waals surface area contributed by atoms with Gasteiger partial charge in [0.2, 0.25) is 5.91 Å². The van der Waals surface area contributed by atoms with Crippen LogP contribution in [0.3, 0.4) is 0 Å². The zero-order valence-corrected chi connectivity index (χ0v) is 21.3. The van der Waals surface area contributed by atoms with Gasteiger partial charge in [0.1, 0.15) is 17.5 Å². The maximum absolute atomic E-state index is 15.0. The molecule has 2 aliphatic rings. The molecule has 1 aliphatic carbocycles. The van der Waals surface area contributed by atoms with E-state index in [1.165, 1.54) is 28.4 Å². The van der Waals surface area contributed by atoms with E-state index in [0.717, 1.165) is 10.4 Å². The number of ketones is 1. The van der Waals surface area contributed by atoms with Crippen LogP contribution in [0, 0.1) is 11.7 Å². The minimum absolute atomic E-state index is 0.0503. The average molecular weight is 520 g/mol. The molecule has 5 rings (SSSR count). The fraction of sp³-hybridized carbons (Fsp3) is 0.276. The van der Waals surface area contributed by atoms with Crippen LogP contribution in [0.1, 0.15) is 42.0 Å². The molecule has 3 unspecified atom stereocenters. The molecule has 2 aromatic carbocycles. The van der Waals surface area contributed by atoms with Crippen molar-refractivity contribution in [2.75, 3.05) is 18.6 Å². The number of para-hydroxylation sites is 1. The molecular weight excluding hydrogens is 493 g/mol. The number of anilines is 1. The molecule has 3 aromatic rings. The summed E-state index contributed by atoms with van der Waals surface area (Å²) in [5.74, 6) is -3.45. The second kappa shape index (κ2) is 10.3. The monoisotopic (exact) mass is 519 g/mol. The summed E-state index contributed by atoms with van der Waals surface area (Å²) in [7, 11) is 1.55. The molecule has 8 heteroatoms. The first-order valence-corrected chi connectivity index (χ1v) is 13.0. The van der Waals surface area contributed by atoms with Gasteiger partial charge in [0.25, 0.3) is 0 Å². The van der Waals surface area contributed by atoms with Crippen LogP contribution in [0.4, 0.5) is 10.1 Å². The van der Waals surface area contributed by atoms with Crippen LogP contribution in [0.5, 0.6) is 5.75 Å². The Hall–Kier alpha value is -3.78. The molecule has 3 atom stereocenters. The van der Waals surface area contributed by atoms with Gasteiger partial charge in [-0.05, 0) is 54.6 Å². The number of carbonyl (C=O) groups excluding carboxylic acids is 3. The summed E-state index contributed by atoms with van der Waals surface area (Å²) in [6, 6.07) is 17.0. The zero-order chi connectivity index (χ0) is 26.1. The van der Waals surface area contributed by atoms with E-state index in [1.807, 2.05) is 23.6 Å². The highest BCUT2D eigenvalue weighted by Gasteiger charge is 2.50. The lowest BCUT2D eigenvalue weighted by Crippen LogP contribution is -2.46. The lowest BCUT2D eigenvalue weighted by molar-refractivity contribution is -0.152. The molecular formula is C29H26FNO5S. The lowest BCUT2D eigenvalue weighted by Gasteiger charge is -2.42. The van der Waals surface area contributed by atoms with Crippen molar-refractivity contribution in [1.82, 2.24) is 0 Å². The Morgan fingerprint density at radius 3 is 2.59 bits per heavy atom. The molecule has 190 valence electrons. The van der Waals surface area contributed by atoms with Gasteiger partial charge in [0.15, 0.2) is 5.78 Å². The van der Waals surface area contributed by atoms with Gasteiger partial charge in [0, 0.05) is 34.4 Å². The van der Waals surface area contributed by atoms with Crippen molar-refractivity contribution >= 4 is 34.7 Å². The van der Waals surface area contributed by atoms with Crippen LogP contribution >= 0.6 is 11.3 Å². The quantitative estimate of drug-likeness (QED) is 0.313. The van der Waals surface area contributed by atoms with E-state index in [0.29, 0.717) is 17.0 Å². The molecule has 1 aromatic heterocycles. The Balaban J connectivity index is 1.73. The molecule has 1 amide bonds. The Kier molecular flexibility index (Phi) is 6.93. The first-order valence-electron chi connectivity index (χ1n) is 12.1. The van der Waals surface area contributed by atoms with Gasteiger partial charge in [-0.15, -0.1) is 11.3 Å². The Bertz CT molecular complexity index is 1380. The van der Waals surface area contributed by atoms with Gasteiger partial charge < -0.3 is 9.47 Å². The van der Waals surface area contributed by atoms with Gasteiger partial charge in [-0.2, -0.15) is 0 Å². The first-order chi connectivity index (χ1) is 17.9. The molecule has 37 heavy (non-hydrogen) atoms. The zero-order valence-electron chi connectivity index (χ0n) is 20.5. The smallest absolute Gasteiger partial charge is 0.317 e.